The van der Waals surface area contributed by atoms with E-state index in [0.29, 0.717) is 6.54 Å². The largest absolute Gasteiger partial charge is 0.366 e. The summed E-state index contributed by atoms with van der Waals surface area (Å²) in [6, 6.07) is 8.79. The lowest BCUT2D eigenvalue weighted by Gasteiger charge is -2.22. The predicted molar refractivity (Wildman–Crippen MR) is 84.1 cm³/mol. The normalized spacial score (nSPS) is 10.4. The van der Waals surface area contributed by atoms with E-state index in [1.165, 1.54) is 23.9 Å². The van der Waals surface area contributed by atoms with E-state index in [9.17, 15) is 14.9 Å². The maximum atomic E-state index is 11.5. The molecule has 1 aromatic carbocycles. The van der Waals surface area contributed by atoms with Gasteiger partial charge in [0.05, 0.1) is 17.0 Å². The summed E-state index contributed by atoms with van der Waals surface area (Å²) in [6.07, 6.45) is 0. The molecule has 0 spiro atoms. The van der Waals surface area contributed by atoms with Gasteiger partial charge in [-0.15, -0.1) is 11.3 Å². The number of hydrogen-bond donors (Lipinski definition) is 0. The van der Waals surface area contributed by atoms with Crippen LogP contribution in [0.2, 0.25) is 0 Å². The van der Waals surface area contributed by atoms with Crippen molar-refractivity contribution >= 4 is 28.5 Å². The van der Waals surface area contributed by atoms with Crippen LogP contribution in [-0.2, 0) is 6.54 Å². The minimum absolute atomic E-state index is 0.135. The molecule has 6 heteroatoms. The molecule has 1 aromatic heterocycles. The molecule has 0 unspecified atom stereocenters. The van der Waals surface area contributed by atoms with Crippen LogP contribution < -0.4 is 4.90 Å². The molecule has 21 heavy (non-hydrogen) atoms. The van der Waals surface area contributed by atoms with Gasteiger partial charge in [-0.2, -0.15) is 0 Å². The summed E-state index contributed by atoms with van der Waals surface area (Å²) >= 11 is 1.65. The summed E-state index contributed by atoms with van der Waals surface area (Å²) in [5, 5.41) is 13.1. The number of nitro groups is 1. The SMILES string of the molecule is CCN(Cc1cccs1)c1ccc(C(C)=O)c([N+](=O)[O-])c1. The number of hydrogen-bond acceptors (Lipinski definition) is 5. The van der Waals surface area contributed by atoms with E-state index in [2.05, 4.69) is 0 Å². The van der Waals surface area contributed by atoms with E-state index in [-0.39, 0.29) is 17.0 Å². The molecule has 0 amide bonds. The average Bonchev–Trinajstić information content (AvgIpc) is 2.97. The first-order chi connectivity index (χ1) is 10.0. The van der Waals surface area contributed by atoms with Crippen LogP contribution in [0.4, 0.5) is 11.4 Å². The highest BCUT2D eigenvalue weighted by atomic mass is 32.1. The van der Waals surface area contributed by atoms with Gasteiger partial charge < -0.3 is 4.90 Å². The Bertz CT molecular complexity index is 653. The van der Waals surface area contributed by atoms with Crippen LogP contribution in [0.25, 0.3) is 0 Å². The van der Waals surface area contributed by atoms with Gasteiger partial charge in [0.15, 0.2) is 5.78 Å². The molecule has 5 nitrogen and oxygen atoms in total. The fourth-order valence-corrected chi connectivity index (χ4v) is 2.86. The van der Waals surface area contributed by atoms with Gasteiger partial charge in [-0.25, -0.2) is 0 Å². The molecule has 1 heterocycles. The monoisotopic (exact) mass is 304 g/mol. The zero-order valence-electron chi connectivity index (χ0n) is 11.9. The van der Waals surface area contributed by atoms with E-state index in [1.807, 2.05) is 29.3 Å². The van der Waals surface area contributed by atoms with Crippen molar-refractivity contribution in [3.63, 3.8) is 0 Å². The molecule has 0 N–H and O–H groups in total. The van der Waals surface area contributed by atoms with Crippen molar-refractivity contribution in [2.45, 2.75) is 20.4 Å². The van der Waals surface area contributed by atoms with Crippen molar-refractivity contribution < 1.29 is 9.72 Å². The zero-order chi connectivity index (χ0) is 15.4. The summed E-state index contributed by atoms with van der Waals surface area (Å²) in [5.41, 5.74) is 0.767. The lowest BCUT2D eigenvalue weighted by molar-refractivity contribution is -0.385. The van der Waals surface area contributed by atoms with Crippen LogP contribution >= 0.6 is 11.3 Å². The number of nitro benzene ring substituents is 1. The van der Waals surface area contributed by atoms with Crippen molar-refractivity contribution in [2.75, 3.05) is 11.4 Å². The number of anilines is 1. The number of carbonyl (C=O) groups excluding carboxylic acids is 1. The third-order valence-corrected chi connectivity index (χ3v) is 4.09. The number of benzene rings is 1. The molecular formula is C15H16N2O3S. The Morgan fingerprint density at radius 3 is 2.67 bits per heavy atom. The molecule has 0 saturated carbocycles. The van der Waals surface area contributed by atoms with Gasteiger partial charge in [0.2, 0.25) is 0 Å². The van der Waals surface area contributed by atoms with Crippen molar-refractivity contribution in [3.05, 3.63) is 56.3 Å². The molecule has 2 rings (SSSR count). The molecule has 0 bridgehead atoms. The summed E-state index contributed by atoms with van der Waals surface area (Å²) in [7, 11) is 0. The fourth-order valence-electron chi connectivity index (χ4n) is 2.14. The molecule has 2 aromatic rings. The van der Waals surface area contributed by atoms with Crippen LogP contribution in [0.3, 0.4) is 0 Å². The fraction of sp³-hybridized carbons (Fsp3) is 0.267. The van der Waals surface area contributed by atoms with Crippen LogP contribution in [0, 0.1) is 10.1 Å². The minimum Gasteiger partial charge on any atom is -0.366 e. The van der Waals surface area contributed by atoms with Crippen molar-refractivity contribution in [1.29, 1.82) is 0 Å². The number of ketones is 1. The smallest absolute Gasteiger partial charge is 0.282 e. The Hall–Kier alpha value is -2.21. The Kier molecular flexibility index (Phi) is 4.70. The molecule has 0 aliphatic heterocycles. The standard InChI is InChI=1S/C15H16N2O3S/c1-3-16(10-13-5-4-8-21-13)12-6-7-14(11(2)18)15(9-12)17(19)20/h4-9H,3,10H2,1-2H3. The van der Waals surface area contributed by atoms with Crippen LogP contribution in [0.5, 0.6) is 0 Å². The Labute approximate surface area is 127 Å². The highest BCUT2D eigenvalue weighted by molar-refractivity contribution is 7.09. The summed E-state index contributed by atoms with van der Waals surface area (Å²) < 4.78 is 0. The van der Waals surface area contributed by atoms with E-state index in [4.69, 9.17) is 0 Å². The molecule has 110 valence electrons. The number of carbonyl (C=O) groups is 1. The molecule has 0 saturated heterocycles. The van der Waals surface area contributed by atoms with Crippen LogP contribution in [0.1, 0.15) is 29.1 Å². The first-order valence-corrected chi connectivity index (χ1v) is 7.47. The Morgan fingerprint density at radius 2 is 2.14 bits per heavy atom. The molecule has 0 atom stereocenters. The van der Waals surface area contributed by atoms with Gasteiger partial charge in [0.1, 0.15) is 0 Å². The molecule has 0 fully saturated rings. The number of rotatable bonds is 6. The number of nitrogens with zero attached hydrogens (tertiary/aromatic N) is 2. The number of Topliss-reactive ketones (excluding diaryl/α,β-unsaturated/α-hetero) is 1. The van der Waals surface area contributed by atoms with Gasteiger partial charge in [-0.3, -0.25) is 14.9 Å². The highest BCUT2D eigenvalue weighted by Crippen LogP contribution is 2.27. The second-order valence-corrected chi connectivity index (χ2v) is 5.64. The van der Waals surface area contributed by atoms with E-state index in [1.54, 1.807) is 17.4 Å². The van der Waals surface area contributed by atoms with Crippen molar-refractivity contribution in [2.24, 2.45) is 0 Å². The maximum Gasteiger partial charge on any atom is 0.282 e. The van der Waals surface area contributed by atoms with Crippen LogP contribution in [-0.4, -0.2) is 17.3 Å². The Morgan fingerprint density at radius 1 is 1.38 bits per heavy atom. The Balaban J connectivity index is 2.35. The van der Waals surface area contributed by atoms with E-state index in [0.717, 1.165) is 12.2 Å². The summed E-state index contributed by atoms with van der Waals surface area (Å²) in [5.74, 6) is -0.297. The predicted octanol–water partition coefficient (Wildman–Crippen LogP) is 3.89. The topological polar surface area (TPSA) is 63.5 Å². The third kappa shape index (κ3) is 3.46. The van der Waals surface area contributed by atoms with Gasteiger partial charge >= 0.3 is 0 Å². The minimum atomic E-state index is -0.501. The molecular weight excluding hydrogens is 288 g/mol. The summed E-state index contributed by atoms with van der Waals surface area (Å²) in [6.45, 7) is 4.77. The lowest BCUT2D eigenvalue weighted by atomic mass is 10.1. The number of thiophene rings is 1. The zero-order valence-corrected chi connectivity index (χ0v) is 12.7. The lowest BCUT2D eigenvalue weighted by Crippen LogP contribution is -2.21. The first-order valence-electron chi connectivity index (χ1n) is 6.59. The van der Waals surface area contributed by atoms with Crippen molar-refractivity contribution in [1.82, 2.24) is 0 Å². The average molecular weight is 304 g/mol. The second kappa shape index (κ2) is 6.49. The van der Waals surface area contributed by atoms with Gasteiger partial charge in [0, 0.05) is 23.2 Å². The van der Waals surface area contributed by atoms with E-state index < -0.39 is 4.92 Å². The van der Waals surface area contributed by atoms with Crippen molar-refractivity contribution in [3.8, 4) is 0 Å². The molecule has 0 aliphatic carbocycles. The second-order valence-electron chi connectivity index (χ2n) is 4.61. The van der Waals surface area contributed by atoms with Gasteiger partial charge in [0.25, 0.3) is 5.69 Å². The van der Waals surface area contributed by atoms with Crippen LogP contribution in [0.15, 0.2) is 35.7 Å². The highest BCUT2D eigenvalue weighted by Gasteiger charge is 2.19. The van der Waals surface area contributed by atoms with Gasteiger partial charge in [-0.05, 0) is 37.4 Å². The third-order valence-electron chi connectivity index (χ3n) is 3.23. The van der Waals surface area contributed by atoms with E-state index >= 15 is 0 Å². The summed E-state index contributed by atoms with van der Waals surface area (Å²) in [4.78, 5) is 25.3. The van der Waals surface area contributed by atoms with Gasteiger partial charge in [-0.1, -0.05) is 6.07 Å². The quantitative estimate of drug-likeness (QED) is 0.461. The maximum absolute atomic E-state index is 11.5. The molecule has 0 radical (unpaired) electrons. The molecule has 0 aliphatic rings. The first kappa shape index (κ1) is 15.2.